The van der Waals surface area contributed by atoms with Crippen LogP contribution in [0.3, 0.4) is 0 Å². The molecule has 3 aromatic carbocycles. The molecule has 8 heteroatoms. The molecule has 0 bridgehead atoms. The Bertz CT molecular complexity index is 1140. The van der Waals surface area contributed by atoms with Gasteiger partial charge >= 0.3 is 0 Å². The maximum absolute atomic E-state index is 13.0. The normalized spacial score (nSPS) is 12.1. The van der Waals surface area contributed by atoms with Crippen molar-refractivity contribution < 1.29 is 21.2 Å². The monoisotopic (exact) mass is 410 g/mol. The number of halogens is 2. The first-order valence-electron chi connectivity index (χ1n) is 7.34. The topological polar surface area (TPSA) is 68.3 Å². The zero-order valence-electron chi connectivity index (χ0n) is 13.1. The fraction of sp³-hybridized carbons (Fsp3) is 0. The van der Waals surface area contributed by atoms with Crippen LogP contribution >= 0.6 is 10.7 Å². The molecule has 4 nitrogen and oxygen atoms in total. The molecule has 0 unspecified atom stereocenters. The molecule has 0 saturated heterocycles. The van der Waals surface area contributed by atoms with Gasteiger partial charge in [0.05, 0.1) is 14.7 Å². The second-order valence-corrected chi connectivity index (χ2v) is 9.96. The maximum atomic E-state index is 13.0. The predicted octanol–water partition coefficient (Wildman–Crippen LogP) is 4.25. The molecule has 0 N–H and O–H groups in total. The van der Waals surface area contributed by atoms with Crippen molar-refractivity contribution in [3.05, 3.63) is 78.6 Å². The highest BCUT2D eigenvalue weighted by molar-refractivity contribution is 8.13. The van der Waals surface area contributed by atoms with Crippen molar-refractivity contribution in [2.24, 2.45) is 0 Å². The van der Waals surface area contributed by atoms with Crippen LogP contribution in [0.5, 0.6) is 0 Å². The van der Waals surface area contributed by atoms with Gasteiger partial charge in [-0.05, 0) is 59.7 Å². The Morgan fingerprint density at radius 2 is 0.923 bits per heavy atom. The largest absolute Gasteiger partial charge is 0.261 e. The Balaban J connectivity index is 1.92. The molecule has 0 radical (unpaired) electrons. The molecule has 26 heavy (non-hydrogen) atoms. The molecule has 3 aromatic rings. The average molecular weight is 411 g/mol. The van der Waals surface area contributed by atoms with Crippen molar-refractivity contribution in [3.63, 3.8) is 0 Å². The molecule has 0 fully saturated rings. The maximum Gasteiger partial charge on any atom is 0.261 e. The molecule has 0 aromatic heterocycles. The first kappa shape index (κ1) is 18.6. The van der Waals surface area contributed by atoms with Gasteiger partial charge < -0.3 is 0 Å². The lowest BCUT2D eigenvalue weighted by Gasteiger charge is -2.07. The summed E-state index contributed by atoms with van der Waals surface area (Å²) in [5.41, 5.74) is 1.42. The van der Waals surface area contributed by atoms with Crippen LogP contribution in [0.1, 0.15) is 0 Å². The SMILES string of the molecule is O=S(=O)(Cl)c1ccc(-c2ccc(S(=O)(=O)c3ccc(F)cc3)cc2)cc1. The number of sulfone groups is 1. The van der Waals surface area contributed by atoms with Gasteiger partial charge in [-0.1, -0.05) is 24.3 Å². The average Bonchev–Trinajstić information content (AvgIpc) is 2.62. The number of benzene rings is 3. The lowest BCUT2D eigenvalue weighted by molar-refractivity contribution is 0.594. The van der Waals surface area contributed by atoms with Gasteiger partial charge in [-0.3, -0.25) is 0 Å². The fourth-order valence-electron chi connectivity index (χ4n) is 2.39. The van der Waals surface area contributed by atoms with Crippen molar-refractivity contribution in [2.75, 3.05) is 0 Å². The molecular formula is C18H12ClFO4S2. The summed E-state index contributed by atoms with van der Waals surface area (Å²) >= 11 is 0. The van der Waals surface area contributed by atoms with E-state index in [0.29, 0.717) is 11.1 Å². The van der Waals surface area contributed by atoms with E-state index in [9.17, 15) is 21.2 Å². The van der Waals surface area contributed by atoms with E-state index in [1.54, 1.807) is 24.3 Å². The van der Waals surface area contributed by atoms with E-state index in [2.05, 4.69) is 0 Å². The van der Waals surface area contributed by atoms with E-state index in [0.717, 1.165) is 12.1 Å². The summed E-state index contributed by atoms with van der Waals surface area (Å²) in [6, 6.07) is 16.6. The Kier molecular flexibility index (Phi) is 4.88. The predicted molar refractivity (Wildman–Crippen MR) is 96.8 cm³/mol. The van der Waals surface area contributed by atoms with Crippen LogP contribution in [-0.4, -0.2) is 16.8 Å². The molecule has 0 atom stereocenters. The molecule has 0 aliphatic rings. The molecular weight excluding hydrogens is 399 g/mol. The van der Waals surface area contributed by atoms with E-state index in [-0.39, 0.29) is 14.7 Å². The smallest absolute Gasteiger partial charge is 0.219 e. The molecule has 0 aliphatic heterocycles. The summed E-state index contributed by atoms with van der Waals surface area (Å²) in [6.45, 7) is 0. The van der Waals surface area contributed by atoms with E-state index in [1.165, 1.54) is 36.4 Å². The number of hydrogen-bond acceptors (Lipinski definition) is 4. The van der Waals surface area contributed by atoms with Gasteiger partial charge in [0, 0.05) is 10.7 Å². The van der Waals surface area contributed by atoms with Crippen molar-refractivity contribution in [1.82, 2.24) is 0 Å². The molecule has 3 rings (SSSR count). The summed E-state index contributed by atoms with van der Waals surface area (Å²) in [4.78, 5) is 0.0644. The second-order valence-electron chi connectivity index (χ2n) is 5.44. The Morgan fingerprint density at radius 1 is 0.577 bits per heavy atom. The molecule has 134 valence electrons. The minimum absolute atomic E-state index is 0.00308. The van der Waals surface area contributed by atoms with E-state index in [1.807, 2.05) is 0 Å². The van der Waals surface area contributed by atoms with Crippen molar-refractivity contribution in [1.29, 1.82) is 0 Å². The quantitative estimate of drug-likeness (QED) is 0.476. The Hall–Kier alpha value is -2.22. The highest BCUT2D eigenvalue weighted by Crippen LogP contribution is 2.26. The van der Waals surface area contributed by atoms with Gasteiger partial charge in [0.25, 0.3) is 9.05 Å². The molecule has 0 amide bonds. The van der Waals surface area contributed by atoms with Crippen LogP contribution in [0.2, 0.25) is 0 Å². The highest BCUT2D eigenvalue weighted by Gasteiger charge is 2.17. The van der Waals surface area contributed by atoms with Gasteiger partial charge in [0.2, 0.25) is 9.84 Å². The fourth-order valence-corrected chi connectivity index (χ4v) is 4.42. The van der Waals surface area contributed by atoms with Crippen LogP contribution in [0, 0.1) is 5.82 Å². The zero-order valence-corrected chi connectivity index (χ0v) is 15.5. The molecule has 0 spiro atoms. The molecule has 0 saturated carbocycles. The second kappa shape index (κ2) is 6.83. The van der Waals surface area contributed by atoms with Crippen LogP contribution in [-0.2, 0) is 18.9 Å². The molecule has 0 heterocycles. The van der Waals surface area contributed by atoms with E-state index < -0.39 is 24.7 Å². The summed E-state index contributed by atoms with van der Waals surface area (Å²) in [6.07, 6.45) is 0. The lowest BCUT2D eigenvalue weighted by atomic mass is 10.1. The van der Waals surface area contributed by atoms with Crippen LogP contribution in [0.15, 0.2) is 87.5 Å². The van der Waals surface area contributed by atoms with Gasteiger partial charge in [-0.15, -0.1) is 0 Å². The van der Waals surface area contributed by atoms with Gasteiger partial charge in [-0.25, -0.2) is 21.2 Å². The van der Waals surface area contributed by atoms with Crippen LogP contribution in [0.25, 0.3) is 11.1 Å². The lowest BCUT2D eigenvalue weighted by Crippen LogP contribution is -2.01. The molecule has 0 aliphatic carbocycles. The minimum atomic E-state index is -3.80. The first-order valence-corrected chi connectivity index (χ1v) is 11.1. The van der Waals surface area contributed by atoms with Crippen molar-refractivity contribution in [2.45, 2.75) is 14.7 Å². The minimum Gasteiger partial charge on any atom is -0.219 e. The van der Waals surface area contributed by atoms with Gasteiger partial charge in [-0.2, -0.15) is 0 Å². The van der Waals surface area contributed by atoms with Crippen LogP contribution < -0.4 is 0 Å². The summed E-state index contributed by atoms with van der Waals surface area (Å²) in [5.74, 6) is -0.512. The van der Waals surface area contributed by atoms with Crippen molar-refractivity contribution in [3.8, 4) is 11.1 Å². The highest BCUT2D eigenvalue weighted by atomic mass is 35.7. The standard InChI is InChI=1S/C18H12ClFO4S2/c19-26(23,24)18-9-3-14(4-10-18)13-1-7-16(8-2-13)25(21,22)17-11-5-15(20)6-12-17/h1-12H. The third-order valence-corrected chi connectivity index (χ3v) is 6.91. The third kappa shape index (κ3) is 3.80. The van der Waals surface area contributed by atoms with Gasteiger partial charge in [0.15, 0.2) is 0 Å². The summed E-state index contributed by atoms with van der Waals surface area (Å²) in [5, 5.41) is 0. The Labute approximate surface area is 155 Å². The van der Waals surface area contributed by atoms with Gasteiger partial charge in [0.1, 0.15) is 5.82 Å². The third-order valence-electron chi connectivity index (χ3n) is 3.76. The van der Waals surface area contributed by atoms with E-state index >= 15 is 0 Å². The van der Waals surface area contributed by atoms with Crippen molar-refractivity contribution >= 4 is 29.6 Å². The summed E-state index contributed by atoms with van der Waals surface area (Å²) < 4.78 is 60.6. The van der Waals surface area contributed by atoms with Crippen LogP contribution in [0.4, 0.5) is 4.39 Å². The first-order chi connectivity index (χ1) is 12.2. The summed E-state index contributed by atoms with van der Waals surface area (Å²) in [7, 11) is -2.26. The zero-order chi connectivity index (χ0) is 18.9. The number of rotatable bonds is 4. The number of hydrogen-bond donors (Lipinski definition) is 0. The van der Waals surface area contributed by atoms with E-state index in [4.69, 9.17) is 10.7 Å². The Morgan fingerprint density at radius 3 is 1.31 bits per heavy atom.